The molecule has 26 heavy (non-hydrogen) atoms. The van der Waals surface area contributed by atoms with E-state index in [4.69, 9.17) is 0 Å². The molecule has 0 aliphatic heterocycles. The van der Waals surface area contributed by atoms with Gasteiger partial charge in [-0.2, -0.15) is 4.98 Å². The lowest BCUT2D eigenvalue weighted by Crippen LogP contribution is -2.10. The minimum absolute atomic E-state index is 0.231. The average Bonchev–Trinajstić information content (AvgIpc) is 2.63. The lowest BCUT2D eigenvalue weighted by Gasteiger charge is -2.10. The molecule has 6 heteroatoms. The quantitative estimate of drug-likeness (QED) is 0.663. The zero-order chi connectivity index (χ0) is 18.4. The van der Waals surface area contributed by atoms with Crippen molar-refractivity contribution in [2.45, 2.75) is 19.9 Å². The average molecular weight is 354 g/mol. The summed E-state index contributed by atoms with van der Waals surface area (Å²) < 4.78 is 25.9. The predicted molar refractivity (Wildman–Crippen MR) is 99.1 cm³/mol. The number of halogens is 2. The Bertz CT molecular complexity index is 849. The smallest absolute Gasteiger partial charge is 0.225 e. The van der Waals surface area contributed by atoms with Gasteiger partial charge in [-0.05, 0) is 48.7 Å². The summed E-state index contributed by atoms with van der Waals surface area (Å²) in [5.41, 5.74) is 2.84. The van der Waals surface area contributed by atoms with E-state index in [0.717, 1.165) is 29.1 Å². The maximum Gasteiger partial charge on any atom is 0.225 e. The number of benzene rings is 2. The Kier molecular flexibility index (Phi) is 5.73. The summed E-state index contributed by atoms with van der Waals surface area (Å²) in [7, 11) is 0. The van der Waals surface area contributed by atoms with E-state index >= 15 is 0 Å². The van der Waals surface area contributed by atoms with Gasteiger partial charge in [-0.15, -0.1) is 0 Å². The van der Waals surface area contributed by atoms with E-state index in [-0.39, 0.29) is 11.6 Å². The Hall–Kier alpha value is -3.02. The number of rotatable bonds is 7. The summed E-state index contributed by atoms with van der Waals surface area (Å²) >= 11 is 0. The number of hydrogen-bond acceptors (Lipinski definition) is 4. The molecule has 0 aliphatic rings. The van der Waals surface area contributed by atoms with E-state index in [1.165, 1.54) is 24.3 Å². The number of anilines is 2. The summed E-state index contributed by atoms with van der Waals surface area (Å²) in [6, 6.07) is 14.6. The molecule has 0 fully saturated rings. The van der Waals surface area contributed by atoms with E-state index in [1.54, 1.807) is 24.3 Å². The second-order valence-corrected chi connectivity index (χ2v) is 6.00. The molecule has 0 radical (unpaired) electrons. The highest BCUT2D eigenvalue weighted by molar-refractivity contribution is 5.42. The van der Waals surface area contributed by atoms with Gasteiger partial charge in [-0.3, -0.25) is 0 Å². The Morgan fingerprint density at radius 1 is 0.808 bits per heavy atom. The third-order valence-electron chi connectivity index (χ3n) is 3.85. The molecule has 0 spiro atoms. The van der Waals surface area contributed by atoms with Crippen molar-refractivity contribution in [1.29, 1.82) is 0 Å². The van der Waals surface area contributed by atoms with Crippen molar-refractivity contribution in [3.8, 4) is 0 Å². The Morgan fingerprint density at radius 3 is 2.08 bits per heavy atom. The van der Waals surface area contributed by atoms with Crippen molar-refractivity contribution >= 4 is 11.8 Å². The zero-order valence-corrected chi connectivity index (χ0v) is 14.5. The maximum absolute atomic E-state index is 12.9. The molecular formula is C20H20F2N4. The normalized spacial score (nSPS) is 10.6. The first-order valence-electron chi connectivity index (χ1n) is 8.41. The first-order chi connectivity index (χ1) is 12.6. The van der Waals surface area contributed by atoms with Crippen LogP contribution < -0.4 is 10.6 Å². The number of aryl methyl sites for hydroxylation is 1. The van der Waals surface area contributed by atoms with Crippen LogP contribution in [0.15, 0.2) is 54.6 Å². The molecule has 1 aromatic heterocycles. The summed E-state index contributed by atoms with van der Waals surface area (Å²) in [5, 5.41) is 6.41. The van der Waals surface area contributed by atoms with E-state index in [9.17, 15) is 8.78 Å². The molecule has 0 aliphatic carbocycles. The van der Waals surface area contributed by atoms with E-state index in [2.05, 4.69) is 20.6 Å². The molecule has 2 aromatic carbocycles. The van der Waals surface area contributed by atoms with Gasteiger partial charge in [0.1, 0.15) is 17.5 Å². The lowest BCUT2D eigenvalue weighted by molar-refractivity contribution is 0.626. The second kappa shape index (κ2) is 8.38. The van der Waals surface area contributed by atoms with Crippen LogP contribution in [0.1, 0.15) is 16.8 Å². The maximum atomic E-state index is 12.9. The summed E-state index contributed by atoms with van der Waals surface area (Å²) in [5.74, 6) is 0.748. The SMILES string of the molecule is Cc1cc(NCCc2ccc(F)cc2)nc(NCc2ccc(F)cc2)n1. The van der Waals surface area contributed by atoms with Crippen LogP contribution in [0.3, 0.4) is 0 Å². The van der Waals surface area contributed by atoms with Crippen LogP contribution in [0.5, 0.6) is 0 Å². The second-order valence-electron chi connectivity index (χ2n) is 6.00. The first kappa shape index (κ1) is 17.8. The van der Waals surface area contributed by atoms with Crippen LogP contribution in [-0.2, 0) is 13.0 Å². The van der Waals surface area contributed by atoms with E-state index in [1.807, 2.05) is 13.0 Å². The van der Waals surface area contributed by atoms with Gasteiger partial charge in [0.2, 0.25) is 5.95 Å². The predicted octanol–water partition coefficient (Wildman–Crippen LogP) is 4.33. The molecule has 0 saturated carbocycles. The number of hydrogen-bond donors (Lipinski definition) is 2. The standard InChI is InChI=1S/C20H20F2N4/c1-14-12-19(23-11-10-15-2-6-17(21)7-3-15)26-20(25-14)24-13-16-4-8-18(22)9-5-16/h2-9,12H,10-11,13H2,1H3,(H2,23,24,25,26). The highest BCUT2D eigenvalue weighted by Gasteiger charge is 2.03. The van der Waals surface area contributed by atoms with Gasteiger partial charge in [-0.25, -0.2) is 13.8 Å². The van der Waals surface area contributed by atoms with Gasteiger partial charge in [-0.1, -0.05) is 24.3 Å². The largest absolute Gasteiger partial charge is 0.370 e. The van der Waals surface area contributed by atoms with Crippen molar-refractivity contribution in [2.75, 3.05) is 17.2 Å². The molecule has 0 bridgehead atoms. The Morgan fingerprint density at radius 2 is 1.42 bits per heavy atom. The summed E-state index contributed by atoms with van der Waals surface area (Å²) in [4.78, 5) is 8.81. The number of aromatic nitrogens is 2. The van der Waals surface area contributed by atoms with Crippen molar-refractivity contribution in [1.82, 2.24) is 9.97 Å². The molecule has 0 amide bonds. The molecule has 4 nitrogen and oxygen atoms in total. The first-order valence-corrected chi connectivity index (χ1v) is 8.41. The molecule has 0 unspecified atom stereocenters. The van der Waals surface area contributed by atoms with Crippen molar-refractivity contribution in [3.05, 3.63) is 83.1 Å². The zero-order valence-electron chi connectivity index (χ0n) is 14.5. The highest BCUT2D eigenvalue weighted by Crippen LogP contribution is 2.12. The topological polar surface area (TPSA) is 49.8 Å². The lowest BCUT2D eigenvalue weighted by atomic mass is 10.1. The Balaban J connectivity index is 1.56. The van der Waals surface area contributed by atoms with Crippen molar-refractivity contribution in [2.24, 2.45) is 0 Å². The van der Waals surface area contributed by atoms with Crippen LogP contribution in [0, 0.1) is 18.6 Å². The molecule has 134 valence electrons. The summed E-state index contributed by atoms with van der Waals surface area (Å²) in [6.45, 7) is 3.09. The molecule has 0 saturated heterocycles. The van der Waals surface area contributed by atoms with Crippen molar-refractivity contribution < 1.29 is 8.78 Å². The summed E-state index contributed by atoms with van der Waals surface area (Å²) in [6.07, 6.45) is 0.766. The molecule has 3 rings (SSSR count). The van der Waals surface area contributed by atoms with Crippen LogP contribution >= 0.6 is 0 Å². The molecular weight excluding hydrogens is 334 g/mol. The Labute approximate surface area is 151 Å². The minimum atomic E-state index is -0.256. The van der Waals surface area contributed by atoms with Gasteiger partial charge < -0.3 is 10.6 Å². The molecule has 1 heterocycles. The fourth-order valence-electron chi connectivity index (χ4n) is 2.51. The van der Waals surface area contributed by atoms with Gasteiger partial charge in [0.15, 0.2) is 0 Å². The fourth-order valence-corrected chi connectivity index (χ4v) is 2.51. The van der Waals surface area contributed by atoms with Crippen molar-refractivity contribution in [3.63, 3.8) is 0 Å². The molecule has 2 N–H and O–H groups in total. The number of nitrogens with zero attached hydrogens (tertiary/aromatic N) is 2. The van der Waals surface area contributed by atoms with Crippen LogP contribution in [0.4, 0.5) is 20.5 Å². The molecule has 0 atom stereocenters. The monoisotopic (exact) mass is 354 g/mol. The highest BCUT2D eigenvalue weighted by atomic mass is 19.1. The van der Waals surface area contributed by atoms with Gasteiger partial charge in [0.25, 0.3) is 0 Å². The van der Waals surface area contributed by atoms with E-state index < -0.39 is 0 Å². The van der Waals surface area contributed by atoms with E-state index in [0.29, 0.717) is 19.0 Å². The number of nitrogens with one attached hydrogen (secondary N) is 2. The molecule has 3 aromatic rings. The third-order valence-corrected chi connectivity index (χ3v) is 3.85. The van der Waals surface area contributed by atoms with Gasteiger partial charge in [0, 0.05) is 24.8 Å². The van der Waals surface area contributed by atoms with Crippen LogP contribution in [-0.4, -0.2) is 16.5 Å². The third kappa shape index (κ3) is 5.24. The van der Waals surface area contributed by atoms with Gasteiger partial charge >= 0.3 is 0 Å². The van der Waals surface area contributed by atoms with Gasteiger partial charge in [0.05, 0.1) is 0 Å². The minimum Gasteiger partial charge on any atom is -0.370 e. The van der Waals surface area contributed by atoms with Crippen LogP contribution in [0.25, 0.3) is 0 Å². The van der Waals surface area contributed by atoms with Crippen LogP contribution in [0.2, 0.25) is 0 Å². The fraction of sp³-hybridized carbons (Fsp3) is 0.200.